The molecule has 0 bridgehead atoms. The molecule has 2 rings (SSSR count). The van der Waals surface area contributed by atoms with Gasteiger partial charge < -0.3 is 54.7 Å². The van der Waals surface area contributed by atoms with Crippen molar-refractivity contribution >= 4 is 0 Å². The molecule has 148 valence electrons. The highest BCUT2D eigenvalue weighted by Crippen LogP contribution is 2.29. The maximum atomic E-state index is 10.3. The molecule has 2 fully saturated rings. The molecule has 5 unspecified atom stereocenters. The van der Waals surface area contributed by atoms with Gasteiger partial charge in [-0.1, -0.05) is 0 Å². The Morgan fingerprint density at radius 3 is 1.88 bits per heavy atom. The van der Waals surface area contributed by atoms with Gasteiger partial charge in [0.25, 0.3) is 0 Å². The second-order valence-corrected chi connectivity index (χ2v) is 6.13. The average Bonchev–Trinajstić information content (AvgIpc) is 2.61. The van der Waals surface area contributed by atoms with Gasteiger partial charge in [-0.25, -0.2) is 0 Å². The zero-order chi connectivity index (χ0) is 18.7. The number of hydrogen-bond acceptors (Lipinski definition) is 11. The first-order chi connectivity index (χ1) is 11.8. The van der Waals surface area contributed by atoms with Gasteiger partial charge in [-0.05, 0) is 0 Å². The largest absolute Gasteiger partial charge is 0.394 e. The maximum absolute atomic E-state index is 10.3. The summed E-state index contributed by atoms with van der Waals surface area (Å²) in [5.41, 5.74) is 0. The number of hydrogen-bond donors (Lipinski definition) is 7. The molecule has 11 heteroatoms. The molecule has 11 nitrogen and oxygen atoms in total. The van der Waals surface area contributed by atoms with Gasteiger partial charge in [-0.15, -0.1) is 0 Å². The first kappa shape index (κ1) is 20.9. The quantitative estimate of drug-likeness (QED) is 0.239. The normalized spacial score (nSPS) is 48.5. The van der Waals surface area contributed by atoms with Crippen LogP contribution in [0.1, 0.15) is 0 Å². The van der Waals surface area contributed by atoms with Crippen LogP contribution < -0.4 is 0 Å². The Morgan fingerprint density at radius 1 is 0.720 bits per heavy atom. The zero-order valence-corrected chi connectivity index (χ0v) is 13.7. The molecule has 0 amide bonds. The minimum atomic E-state index is -1.68. The molecule has 0 spiro atoms. The van der Waals surface area contributed by atoms with Crippen LogP contribution in [0.15, 0.2) is 0 Å². The van der Waals surface area contributed by atoms with Crippen molar-refractivity contribution in [1.29, 1.82) is 0 Å². The van der Waals surface area contributed by atoms with E-state index in [-0.39, 0.29) is 6.61 Å². The van der Waals surface area contributed by atoms with Gasteiger partial charge in [-0.2, -0.15) is 0 Å². The number of aliphatic hydroxyl groups excluding tert-OH is 7. The Hall–Kier alpha value is -0.440. The molecule has 2 heterocycles. The van der Waals surface area contributed by atoms with E-state index in [1.54, 1.807) is 0 Å². The standard InChI is InChI=1S/C14H26O11/c1-22-4-7-9(18)11(20)13(6(3-16)23-7)25-14-12(21)10(19)8(17)5(2-15)24-14/h5-21H,2-4H2,1H3/t5?,6?,7?,8-,9+,10?,11?,12-,13-,14-/m1/s1. The van der Waals surface area contributed by atoms with Crippen molar-refractivity contribution in [2.45, 2.75) is 61.2 Å². The lowest BCUT2D eigenvalue weighted by Gasteiger charge is -2.46. The molecule has 0 aromatic heterocycles. The van der Waals surface area contributed by atoms with E-state index >= 15 is 0 Å². The SMILES string of the molecule is COCC1OC(CO)[C@@H](O[C@H]2OC(CO)[C@@H](O)C(O)[C@H]2O)C(O)[C@H]1O. The van der Waals surface area contributed by atoms with Crippen LogP contribution in [-0.4, -0.2) is 124 Å². The highest BCUT2D eigenvalue weighted by atomic mass is 16.7. The van der Waals surface area contributed by atoms with E-state index in [1.165, 1.54) is 7.11 Å². The second kappa shape index (κ2) is 8.97. The van der Waals surface area contributed by atoms with E-state index in [2.05, 4.69) is 0 Å². The molecular formula is C14H26O11. The van der Waals surface area contributed by atoms with Crippen molar-refractivity contribution < 1.29 is 54.7 Å². The van der Waals surface area contributed by atoms with Crippen molar-refractivity contribution in [3.63, 3.8) is 0 Å². The van der Waals surface area contributed by atoms with E-state index in [9.17, 15) is 35.7 Å². The minimum absolute atomic E-state index is 0.0263. The van der Waals surface area contributed by atoms with Crippen LogP contribution in [0.25, 0.3) is 0 Å². The summed E-state index contributed by atoms with van der Waals surface area (Å²) in [5.74, 6) is 0. The molecule has 2 aliphatic heterocycles. The maximum Gasteiger partial charge on any atom is 0.187 e. The van der Waals surface area contributed by atoms with Gasteiger partial charge >= 0.3 is 0 Å². The van der Waals surface area contributed by atoms with Crippen molar-refractivity contribution in [2.24, 2.45) is 0 Å². The summed E-state index contributed by atoms with van der Waals surface area (Å²) in [6.45, 7) is -1.23. The molecule has 2 aliphatic rings. The molecule has 10 atom stereocenters. The van der Waals surface area contributed by atoms with Crippen molar-refractivity contribution in [3.05, 3.63) is 0 Å². The number of rotatable bonds is 6. The lowest BCUT2D eigenvalue weighted by atomic mass is 9.94. The summed E-state index contributed by atoms with van der Waals surface area (Å²) in [7, 11) is 1.38. The Bertz CT molecular complexity index is 406. The summed E-state index contributed by atoms with van der Waals surface area (Å²) in [6, 6.07) is 0. The molecule has 0 saturated carbocycles. The first-order valence-electron chi connectivity index (χ1n) is 7.93. The fraction of sp³-hybridized carbons (Fsp3) is 1.00. The third-order valence-electron chi connectivity index (χ3n) is 4.43. The average molecular weight is 370 g/mol. The molecule has 25 heavy (non-hydrogen) atoms. The Kier molecular flexibility index (Phi) is 7.49. The summed E-state index contributed by atoms with van der Waals surface area (Å²) < 4.78 is 20.9. The predicted molar refractivity (Wildman–Crippen MR) is 78.3 cm³/mol. The van der Waals surface area contributed by atoms with E-state index in [1.807, 2.05) is 0 Å². The fourth-order valence-electron chi connectivity index (χ4n) is 2.97. The van der Waals surface area contributed by atoms with Crippen molar-refractivity contribution in [3.8, 4) is 0 Å². The van der Waals surface area contributed by atoms with Crippen LogP contribution in [0, 0.1) is 0 Å². The van der Waals surface area contributed by atoms with Crippen LogP contribution in [0.5, 0.6) is 0 Å². The summed E-state index contributed by atoms with van der Waals surface area (Å²) >= 11 is 0. The topological polar surface area (TPSA) is 179 Å². The van der Waals surface area contributed by atoms with Gasteiger partial charge in [0.2, 0.25) is 0 Å². The second-order valence-electron chi connectivity index (χ2n) is 6.13. The summed E-state index contributed by atoms with van der Waals surface area (Å²) in [5, 5.41) is 68.5. The smallest absolute Gasteiger partial charge is 0.187 e. The lowest BCUT2D eigenvalue weighted by molar-refractivity contribution is -0.343. The van der Waals surface area contributed by atoms with Gasteiger partial charge in [0, 0.05) is 7.11 Å². The molecule has 0 aromatic carbocycles. The summed E-state index contributed by atoms with van der Waals surface area (Å²) in [6.07, 6.45) is -13.8. The Balaban J connectivity index is 2.11. The van der Waals surface area contributed by atoms with Crippen molar-refractivity contribution in [2.75, 3.05) is 26.9 Å². The molecule has 0 radical (unpaired) electrons. The molecular weight excluding hydrogens is 344 g/mol. The van der Waals surface area contributed by atoms with Gasteiger partial charge in [0.1, 0.15) is 54.9 Å². The Morgan fingerprint density at radius 2 is 1.32 bits per heavy atom. The fourth-order valence-corrected chi connectivity index (χ4v) is 2.97. The minimum Gasteiger partial charge on any atom is -0.394 e. The number of ether oxygens (including phenoxy) is 4. The van der Waals surface area contributed by atoms with Crippen LogP contribution in [0.4, 0.5) is 0 Å². The third-order valence-corrected chi connectivity index (χ3v) is 4.43. The van der Waals surface area contributed by atoms with Gasteiger partial charge in [0.05, 0.1) is 19.8 Å². The first-order valence-corrected chi connectivity index (χ1v) is 7.93. The zero-order valence-electron chi connectivity index (χ0n) is 13.7. The Labute approximate surface area is 143 Å². The van der Waals surface area contributed by atoms with Gasteiger partial charge in [-0.3, -0.25) is 0 Å². The highest BCUT2D eigenvalue weighted by molar-refractivity contribution is 4.95. The molecule has 0 aliphatic carbocycles. The monoisotopic (exact) mass is 370 g/mol. The van der Waals surface area contributed by atoms with E-state index in [0.717, 1.165) is 0 Å². The van der Waals surface area contributed by atoms with Crippen molar-refractivity contribution in [1.82, 2.24) is 0 Å². The molecule has 2 saturated heterocycles. The summed E-state index contributed by atoms with van der Waals surface area (Å²) in [4.78, 5) is 0. The van der Waals surface area contributed by atoms with E-state index in [0.29, 0.717) is 0 Å². The molecule has 7 N–H and O–H groups in total. The van der Waals surface area contributed by atoms with E-state index in [4.69, 9.17) is 18.9 Å². The van der Waals surface area contributed by atoms with Gasteiger partial charge in [0.15, 0.2) is 6.29 Å². The van der Waals surface area contributed by atoms with E-state index < -0.39 is 74.4 Å². The van der Waals surface area contributed by atoms with Crippen LogP contribution in [-0.2, 0) is 18.9 Å². The van der Waals surface area contributed by atoms with Crippen LogP contribution in [0.3, 0.4) is 0 Å². The predicted octanol–water partition coefficient (Wildman–Crippen LogP) is -4.70. The third kappa shape index (κ3) is 4.28. The molecule has 0 aromatic rings. The lowest BCUT2D eigenvalue weighted by Crippen LogP contribution is -2.64. The van der Waals surface area contributed by atoms with Crippen LogP contribution in [0.2, 0.25) is 0 Å². The van der Waals surface area contributed by atoms with Crippen LogP contribution >= 0.6 is 0 Å². The number of aliphatic hydroxyl groups is 7. The highest BCUT2D eigenvalue weighted by Gasteiger charge is 2.50. The number of methoxy groups -OCH3 is 1.